The van der Waals surface area contributed by atoms with Gasteiger partial charge in [0.15, 0.2) is 5.78 Å². The topological polar surface area (TPSA) is 55.8 Å². The summed E-state index contributed by atoms with van der Waals surface area (Å²) in [6.45, 7) is 3.16. The van der Waals surface area contributed by atoms with Crippen molar-refractivity contribution in [1.29, 1.82) is 0 Å². The third-order valence-corrected chi connectivity index (χ3v) is 5.52. The quantitative estimate of drug-likeness (QED) is 0.815. The van der Waals surface area contributed by atoms with Gasteiger partial charge in [-0.2, -0.15) is 0 Å². The van der Waals surface area contributed by atoms with E-state index in [9.17, 15) is 9.59 Å². The van der Waals surface area contributed by atoms with Crippen LogP contribution in [0.2, 0.25) is 0 Å². The molecule has 0 aromatic heterocycles. The van der Waals surface area contributed by atoms with E-state index in [0.29, 0.717) is 55.0 Å². The maximum Gasteiger partial charge on any atom is 0.253 e. The molecule has 0 bridgehead atoms. The van der Waals surface area contributed by atoms with Gasteiger partial charge < -0.3 is 14.4 Å². The smallest absolute Gasteiger partial charge is 0.253 e. The van der Waals surface area contributed by atoms with Crippen LogP contribution in [0.25, 0.3) is 0 Å². The Hall–Kier alpha value is -2.82. The van der Waals surface area contributed by atoms with E-state index >= 15 is 0 Å². The van der Waals surface area contributed by atoms with Crippen molar-refractivity contribution in [3.63, 3.8) is 0 Å². The molecule has 1 amide bonds. The molecule has 0 atom stereocenters. The largest absolute Gasteiger partial charge is 0.497 e. The van der Waals surface area contributed by atoms with Gasteiger partial charge in [-0.05, 0) is 37.3 Å². The minimum atomic E-state index is -0.512. The summed E-state index contributed by atoms with van der Waals surface area (Å²) in [6.07, 6.45) is 1.66. The highest BCUT2D eigenvalue weighted by atomic mass is 16.5. The van der Waals surface area contributed by atoms with Crippen LogP contribution in [0, 0.1) is 6.92 Å². The number of fused-ring (bicyclic) bond motifs is 1. The van der Waals surface area contributed by atoms with Gasteiger partial charge in [0.05, 0.1) is 19.1 Å². The first-order valence-electron chi connectivity index (χ1n) is 9.26. The van der Waals surface area contributed by atoms with Gasteiger partial charge in [-0.15, -0.1) is 0 Å². The van der Waals surface area contributed by atoms with Crippen LogP contribution >= 0.6 is 0 Å². The van der Waals surface area contributed by atoms with Crippen molar-refractivity contribution < 1.29 is 19.1 Å². The van der Waals surface area contributed by atoms with E-state index in [2.05, 4.69) is 0 Å². The number of ketones is 1. The first-order chi connectivity index (χ1) is 13.0. The van der Waals surface area contributed by atoms with Crippen LogP contribution in [-0.4, -0.2) is 42.4 Å². The molecule has 27 heavy (non-hydrogen) atoms. The predicted octanol–water partition coefficient (Wildman–Crippen LogP) is 3.64. The number of hydrogen-bond acceptors (Lipinski definition) is 4. The van der Waals surface area contributed by atoms with Crippen LogP contribution < -0.4 is 9.47 Å². The first kappa shape index (κ1) is 17.6. The second kappa shape index (κ2) is 6.72. The van der Waals surface area contributed by atoms with E-state index in [1.165, 1.54) is 0 Å². The lowest BCUT2D eigenvalue weighted by Crippen LogP contribution is -2.52. The predicted molar refractivity (Wildman–Crippen MR) is 102 cm³/mol. The molecule has 1 saturated heterocycles. The summed E-state index contributed by atoms with van der Waals surface area (Å²) in [7, 11) is 1.58. The number of likely N-dealkylation sites (tertiary alicyclic amines) is 1. The van der Waals surface area contributed by atoms with E-state index in [4.69, 9.17) is 9.47 Å². The van der Waals surface area contributed by atoms with Crippen LogP contribution in [-0.2, 0) is 0 Å². The van der Waals surface area contributed by atoms with Gasteiger partial charge in [0.25, 0.3) is 5.91 Å². The molecular weight excluding hydrogens is 342 g/mol. The summed E-state index contributed by atoms with van der Waals surface area (Å²) in [5.74, 6) is 1.39. The van der Waals surface area contributed by atoms with Crippen LogP contribution in [0.3, 0.4) is 0 Å². The lowest BCUT2D eigenvalue weighted by atomic mass is 9.82. The average Bonchev–Trinajstić information content (AvgIpc) is 2.68. The zero-order chi connectivity index (χ0) is 19.0. The van der Waals surface area contributed by atoms with Gasteiger partial charge in [0.2, 0.25) is 0 Å². The number of benzene rings is 2. The molecule has 2 aromatic rings. The lowest BCUT2D eigenvalue weighted by Gasteiger charge is -2.44. The third-order valence-electron chi connectivity index (χ3n) is 5.52. The molecule has 4 rings (SSSR count). The number of aryl methyl sites for hydroxylation is 1. The summed E-state index contributed by atoms with van der Waals surface area (Å²) in [6, 6.07) is 13.0. The third kappa shape index (κ3) is 3.29. The Bertz CT molecular complexity index is 897. The second-order valence-electron chi connectivity index (χ2n) is 7.41. The van der Waals surface area contributed by atoms with E-state index in [1.807, 2.05) is 42.2 Å². The monoisotopic (exact) mass is 365 g/mol. The molecule has 2 aromatic carbocycles. The molecule has 1 fully saturated rings. The molecule has 140 valence electrons. The Morgan fingerprint density at radius 1 is 1.15 bits per heavy atom. The standard InChI is InChI=1S/C22H23NO4/c1-15-4-3-5-16(12-15)21(25)23-10-8-22(9-11-23)14-19(24)18-13-17(26-2)6-7-20(18)27-22/h3-7,12-13H,8-11,14H2,1-2H3. The summed E-state index contributed by atoms with van der Waals surface area (Å²) < 4.78 is 11.5. The molecule has 5 heteroatoms. The molecule has 0 N–H and O–H groups in total. The van der Waals surface area contributed by atoms with Gasteiger partial charge in [-0.1, -0.05) is 17.7 Å². The van der Waals surface area contributed by atoms with Crippen LogP contribution in [0.15, 0.2) is 42.5 Å². The molecule has 0 unspecified atom stereocenters. The molecule has 2 aliphatic rings. The van der Waals surface area contributed by atoms with E-state index in [0.717, 1.165) is 5.56 Å². The van der Waals surface area contributed by atoms with E-state index < -0.39 is 5.60 Å². The fourth-order valence-corrected chi connectivity index (χ4v) is 3.96. The molecule has 5 nitrogen and oxygen atoms in total. The van der Waals surface area contributed by atoms with Crippen molar-refractivity contribution in [3.8, 4) is 11.5 Å². The number of methoxy groups -OCH3 is 1. The highest BCUT2D eigenvalue weighted by Gasteiger charge is 2.43. The normalized spacial score (nSPS) is 18.0. The zero-order valence-electron chi connectivity index (χ0n) is 15.7. The molecular formula is C22H23NO4. The molecule has 0 saturated carbocycles. The highest BCUT2D eigenvalue weighted by Crippen LogP contribution is 2.40. The number of carbonyl (C=O) groups is 2. The molecule has 1 spiro atoms. The molecule has 2 aliphatic heterocycles. The van der Waals surface area contributed by atoms with E-state index in [-0.39, 0.29) is 11.7 Å². The van der Waals surface area contributed by atoms with Gasteiger partial charge in [0.1, 0.15) is 17.1 Å². The minimum absolute atomic E-state index is 0.0424. The second-order valence-corrected chi connectivity index (χ2v) is 7.41. The first-order valence-corrected chi connectivity index (χ1v) is 9.26. The number of rotatable bonds is 2. The van der Waals surface area contributed by atoms with Crippen molar-refractivity contribution >= 4 is 11.7 Å². The van der Waals surface area contributed by atoms with Gasteiger partial charge in [0, 0.05) is 31.5 Å². The van der Waals surface area contributed by atoms with Crippen molar-refractivity contribution in [2.75, 3.05) is 20.2 Å². The maximum atomic E-state index is 12.8. The van der Waals surface area contributed by atoms with Crippen LogP contribution in [0.5, 0.6) is 11.5 Å². The van der Waals surface area contributed by atoms with Gasteiger partial charge in [-0.25, -0.2) is 0 Å². The number of carbonyl (C=O) groups excluding carboxylic acids is 2. The van der Waals surface area contributed by atoms with Gasteiger partial charge in [-0.3, -0.25) is 9.59 Å². The number of hydrogen-bond donors (Lipinski definition) is 0. The van der Waals surface area contributed by atoms with Crippen LogP contribution in [0.4, 0.5) is 0 Å². The van der Waals surface area contributed by atoms with Crippen molar-refractivity contribution in [2.45, 2.75) is 31.8 Å². The fraction of sp³-hybridized carbons (Fsp3) is 0.364. The SMILES string of the molecule is COc1ccc2c(c1)C(=O)CC1(CCN(C(=O)c3cccc(C)c3)CC1)O2. The average molecular weight is 365 g/mol. The van der Waals surface area contributed by atoms with Crippen LogP contribution in [0.1, 0.15) is 45.5 Å². The number of piperidine rings is 1. The number of Topliss-reactive ketones (excluding diaryl/α,β-unsaturated/α-hetero) is 1. The minimum Gasteiger partial charge on any atom is -0.497 e. The number of ether oxygens (including phenoxy) is 2. The number of nitrogens with zero attached hydrogens (tertiary/aromatic N) is 1. The van der Waals surface area contributed by atoms with Crippen molar-refractivity contribution in [2.24, 2.45) is 0 Å². The summed E-state index contributed by atoms with van der Waals surface area (Å²) in [5, 5.41) is 0. The number of amides is 1. The highest BCUT2D eigenvalue weighted by molar-refractivity contribution is 6.01. The summed E-state index contributed by atoms with van der Waals surface area (Å²) in [4.78, 5) is 27.3. The molecule has 0 aliphatic carbocycles. The zero-order valence-corrected chi connectivity index (χ0v) is 15.7. The fourth-order valence-electron chi connectivity index (χ4n) is 3.96. The van der Waals surface area contributed by atoms with Crippen molar-refractivity contribution in [3.05, 3.63) is 59.2 Å². The Balaban J connectivity index is 1.48. The lowest BCUT2D eigenvalue weighted by molar-refractivity contribution is -0.00577. The molecule has 0 radical (unpaired) electrons. The Morgan fingerprint density at radius 3 is 2.63 bits per heavy atom. The Kier molecular flexibility index (Phi) is 4.38. The van der Waals surface area contributed by atoms with Gasteiger partial charge >= 0.3 is 0 Å². The Labute approximate surface area is 158 Å². The summed E-state index contributed by atoms with van der Waals surface area (Å²) in [5.41, 5.74) is 1.85. The molecule has 2 heterocycles. The van der Waals surface area contributed by atoms with Crippen molar-refractivity contribution in [1.82, 2.24) is 4.90 Å². The summed E-state index contributed by atoms with van der Waals surface area (Å²) >= 11 is 0. The Morgan fingerprint density at radius 2 is 1.93 bits per heavy atom. The maximum absolute atomic E-state index is 12.8. The van der Waals surface area contributed by atoms with E-state index in [1.54, 1.807) is 19.2 Å².